The molecule has 0 rings (SSSR count). The topological polar surface area (TPSA) is 17.1 Å². The lowest BCUT2D eigenvalue weighted by Gasteiger charge is -2.18. The van der Waals surface area contributed by atoms with Crippen molar-refractivity contribution in [3.05, 3.63) is 12.2 Å². The zero-order chi connectivity index (χ0) is 8.91. The van der Waals surface area contributed by atoms with Crippen LogP contribution in [0.3, 0.4) is 0 Å². The molecule has 0 atom stereocenters. The molecule has 0 aliphatic rings. The van der Waals surface area contributed by atoms with E-state index in [4.69, 9.17) is 0 Å². The summed E-state index contributed by atoms with van der Waals surface area (Å²) < 4.78 is 0. The molecule has 1 nitrogen and oxygen atoms in total. The fraction of sp³-hybridized carbons (Fsp3) is 0.700. The Morgan fingerprint density at radius 1 is 1.36 bits per heavy atom. The Labute approximate surface area is 69.5 Å². The highest BCUT2D eigenvalue weighted by Crippen LogP contribution is 2.21. The first-order valence-electron chi connectivity index (χ1n) is 4.16. The van der Waals surface area contributed by atoms with E-state index < -0.39 is 0 Å². The Morgan fingerprint density at radius 2 is 1.91 bits per heavy atom. The molecule has 0 spiro atoms. The van der Waals surface area contributed by atoms with E-state index in [1.165, 1.54) is 0 Å². The molecule has 0 aromatic rings. The summed E-state index contributed by atoms with van der Waals surface area (Å²) in [5.41, 5.74) is -0.175. The van der Waals surface area contributed by atoms with E-state index in [2.05, 4.69) is 19.1 Å². The van der Waals surface area contributed by atoms with Gasteiger partial charge in [0.15, 0.2) is 0 Å². The maximum Gasteiger partial charge on any atom is 0.135 e. The maximum atomic E-state index is 11.0. The van der Waals surface area contributed by atoms with Gasteiger partial charge in [0.05, 0.1) is 0 Å². The number of allylic oxidation sites excluding steroid dienone is 2. The van der Waals surface area contributed by atoms with Gasteiger partial charge in [-0.1, -0.05) is 32.9 Å². The van der Waals surface area contributed by atoms with E-state index in [9.17, 15) is 4.79 Å². The molecule has 0 N–H and O–H groups in total. The summed E-state index contributed by atoms with van der Waals surface area (Å²) in [6.45, 7) is 7.71. The van der Waals surface area contributed by atoms with Crippen molar-refractivity contribution < 1.29 is 4.79 Å². The van der Waals surface area contributed by atoms with E-state index >= 15 is 0 Å². The average Bonchev–Trinajstić information content (AvgIpc) is 1.88. The summed E-state index contributed by atoms with van der Waals surface area (Å²) in [6, 6.07) is 0. The zero-order valence-electron chi connectivity index (χ0n) is 7.98. The Bertz CT molecular complexity index is 154. The number of rotatable bonds is 4. The van der Waals surface area contributed by atoms with Crippen molar-refractivity contribution in [2.45, 2.75) is 40.5 Å². The van der Waals surface area contributed by atoms with Crippen molar-refractivity contribution in [3.8, 4) is 0 Å². The molecule has 0 fully saturated rings. The van der Waals surface area contributed by atoms with Gasteiger partial charge in [-0.3, -0.25) is 4.79 Å². The van der Waals surface area contributed by atoms with E-state index in [1.54, 1.807) is 6.92 Å². The molecule has 0 radical (unpaired) electrons. The van der Waals surface area contributed by atoms with Gasteiger partial charge in [-0.2, -0.15) is 0 Å². The first-order valence-corrected chi connectivity index (χ1v) is 4.16. The highest BCUT2D eigenvalue weighted by Gasteiger charge is 2.21. The summed E-state index contributed by atoms with van der Waals surface area (Å²) in [7, 11) is 0. The second kappa shape index (κ2) is 4.32. The summed E-state index contributed by atoms with van der Waals surface area (Å²) in [5, 5.41) is 0. The third kappa shape index (κ3) is 3.97. The van der Waals surface area contributed by atoms with Crippen LogP contribution in [0.5, 0.6) is 0 Å². The van der Waals surface area contributed by atoms with Gasteiger partial charge in [0.2, 0.25) is 0 Å². The molecule has 64 valence electrons. The zero-order valence-corrected chi connectivity index (χ0v) is 7.98. The smallest absolute Gasteiger partial charge is 0.135 e. The van der Waals surface area contributed by atoms with Crippen molar-refractivity contribution in [1.29, 1.82) is 0 Å². The fourth-order valence-corrected chi connectivity index (χ4v) is 0.688. The molecule has 0 aliphatic heterocycles. The molecule has 0 saturated carbocycles. The largest absolute Gasteiger partial charge is 0.299 e. The maximum absolute atomic E-state index is 11.0. The summed E-state index contributed by atoms with van der Waals surface area (Å²) in [6.07, 6.45) is 6.09. The minimum absolute atomic E-state index is 0.175. The van der Waals surface area contributed by atoms with E-state index in [0.717, 1.165) is 12.8 Å². The van der Waals surface area contributed by atoms with Crippen LogP contribution in [0.25, 0.3) is 0 Å². The summed E-state index contributed by atoms with van der Waals surface area (Å²) >= 11 is 0. The Balaban J connectivity index is 3.92. The molecule has 0 amide bonds. The second-order valence-corrected chi connectivity index (χ2v) is 3.52. The van der Waals surface area contributed by atoms with Crippen molar-refractivity contribution in [3.63, 3.8) is 0 Å². The molecule has 0 saturated heterocycles. The number of carbonyl (C=O) groups is 1. The van der Waals surface area contributed by atoms with Crippen LogP contribution >= 0.6 is 0 Å². The monoisotopic (exact) mass is 154 g/mol. The molecule has 0 aromatic carbocycles. The van der Waals surface area contributed by atoms with Gasteiger partial charge in [-0.15, -0.1) is 0 Å². The summed E-state index contributed by atoms with van der Waals surface area (Å²) in [5.74, 6) is 0.262. The van der Waals surface area contributed by atoms with Crippen LogP contribution in [0.2, 0.25) is 0 Å². The molecule has 11 heavy (non-hydrogen) atoms. The SMILES string of the molecule is CCC=CCC(C)(C)C(C)=O. The standard InChI is InChI=1S/C10H18O/c1-5-6-7-8-10(3,4)9(2)11/h6-7H,5,8H2,1-4H3. The lowest BCUT2D eigenvalue weighted by Crippen LogP contribution is -2.19. The summed E-state index contributed by atoms with van der Waals surface area (Å²) in [4.78, 5) is 11.0. The first kappa shape index (κ1) is 10.4. The number of hydrogen-bond donors (Lipinski definition) is 0. The molecule has 0 bridgehead atoms. The van der Waals surface area contributed by atoms with E-state index in [-0.39, 0.29) is 11.2 Å². The number of hydrogen-bond acceptors (Lipinski definition) is 1. The van der Waals surface area contributed by atoms with Gasteiger partial charge in [0.25, 0.3) is 0 Å². The third-order valence-corrected chi connectivity index (χ3v) is 1.98. The van der Waals surface area contributed by atoms with Gasteiger partial charge in [0.1, 0.15) is 5.78 Å². The van der Waals surface area contributed by atoms with Crippen LogP contribution in [-0.4, -0.2) is 5.78 Å². The van der Waals surface area contributed by atoms with Crippen LogP contribution in [0.15, 0.2) is 12.2 Å². The van der Waals surface area contributed by atoms with Crippen molar-refractivity contribution in [1.82, 2.24) is 0 Å². The van der Waals surface area contributed by atoms with Crippen LogP contribution in [-0.2, 0) is 4.79 Å². The Kier molecular flexibility index (Phi) is 4.09. The fourth-order valence-electron chi connectivity index (χ4n) is 0.688. The minimum atomic E-state index is -0.175. The van der Waals surface area contributed by atoms with E-state index in [1.807, 2.05) is 13.8 Å². The highest BCUT2D eigenvalue weighted by atomic mass is 16.1. The second-order valence-electron chi connectivity index (χ2n) is 3.52. The molecule has 0 aromatic heterocycles. The molecule has 0 aliphatic carbocycles. The Hall–Kier alpha value is -0.590. The van der Waals surface area contributed by atoms with Gasteiger partial charge >= 0.3 is 0 Å². The molecular formula is C10H18O. The van der Waals surface area contributed by atoms with Gasteiger partial charge in [0, 0.05) is 5.41 Å². The van der Waals surface area contributed by atoms with Crippen LogP contribution < -0.4 is 0 Å². The normalized spacial score (nSPS) is 12.4. The minimum Gasteiger partial charge on any atom is -0.299 e. The molecular weight excluding hydrogens is 136 g/mol. The number of Topliss-reactive ketones (excluding diaryl/α,β-unsaturated/α-hetero) is 1. The molecule has 1 heteroatoms. The van der Waals surface area contributed by atoms with Gasteiger partial charge in [-0.05, 0) is 19.8 Å². The van der Waals surface area contributed by atoms with Crippen molar-refractivity contribution in [2.75, 3.05) is 0 Å². The molecule has 0 heterocycles. The third-order valence-electron chi connectivity index (χ3n) is 1.98. The van der Waals surface area contributed by atoms with Crippen LogP contribution in [0.4, 0.5) is 0 Å². The number of carbonyl (C=O) groups excluding carboxylic acids is 1. The van der Waals surface area contributed by atoms with Crippen molar-refractivity contribution >= 4 is 5.78 Å². The van der Waals surface area contributed by atoms with Crippen LogP contribution in [0.1, 0.15) is 40.5 Å². The highest BCUT2D eigenvalue weighted by molar-refractivity contribution is 5.81. The van der Waals surface area contributed by atoms with Crippen molar-refractivity contribution in [2.24, 2.45) is 5.41 Å². The predicted octanol–water partition coefficient (Wildman–Crippen LogP) is 2.96. The molecule has 0 unspecified atom stereocenters. The van der Waals surface area contributed by atoms with E-state index in [0.29, 0.717) is 0 Å². The number of ketones is 1. The lowest BCUT2D eigenvalue weighted by molar-refractivity contribution is -0.124. The van der Waals surface area contributed by atoms with Gasteiger partial charge in [-0.25, -0.2) is 0 Å². The predicted molar refractivity (Wildman–Crippen MR) is 48.5 cm³/mol. The first-order chi connectivity index (χ1) is 5.00. The van der Waals surface area contributed by atoms with Gasteiger partial charge < -0.3 is 0 Å². The average molecular weight is 154 g/mol. The van der Waals surface area contributed by atoms with Crippen LogP contribution in [0, 0.1) is 5.41 Å². The lowest BCUT2D eigenvalue weighted by atomic mass is 9.85. The quantitative estimate of drug-likeness (QED) is 0.569. The Morgan fingerprint density at radius 3 is 2.27 bits per heavy atom.